The third-order valence-corrected chi connectivity index (χ3v) is 2.21. The molecule has 1 N–H and O–H groups in total. The summed E-state index contributed by atoms with van der Waals surface area (Å²) in [6.07, 6.45) is 0. The van der Waals surface area contributed by atoms with Crippen molar-refractivity contribution < 1.29 is 19.4 Å². The van der Waals surface area contributed by atoms with Crippen molar-refractivity contribution >= 4 is 5.97 Å². The number of nitriles is 1. The second-order valence-electron chi connectivity index (χ2n) is 3.17. The van der Waals surface area contributed by atoms with E-state index in [0.29, 0.717) is 5.56 Å². The highest BCUT2D eigenvalue weighted by molar-refractivity contribution is 5.95. The summed E-state index contributed by atoms with van der Waals surface area (Å²) in [5.74, 6) is -0.443. The molecule has 0 saturated heterocycles. The van der Waals surface area contributed by atoms with Crippen molar-refractivity contribution in [1.82, 2.24) is 0 Å². The van der Waals surface area contributed by atoms with Crippen LogP contribution in [0, 0.1) is 11.3 Å². The van der Waals surface area contributed by atoms with Gasteiger partial charge in [0.05, 0.1) is 25.9 Å². The standard InChI is InChI=1S/C12H13NO4/c1-3-17-12(15)10-8(6-13)4-5-9(7-14)11(10)16-2/h4-5,14H,3,7H2,1-2H3. The van der Waals surface area contributed by atoms with Gasteiger partial charge in [-0.1, -0.05) is 6.07 Å². The molecule has 17 heavy (non-hydrogen) atoms. The lowest BCUT2D eigenvalue weighted by molar-refractivity contribution is 0.0522. The number of benzene rings is 1. The van der Waals surface area contributed by atoms with Gasteiger partial charge in [-0.2, -0.15) is 5.26 Å². The molecule has 1 rings (SSSR count). The number of carbonyl (C=O) groups is 1. The minimum absolute atomic E-state index is 0.0587. The molecule has 90 valence electrons. The zero-order valence-corrected chi connectivity index (χ0v) is 9.69. The van der Waals surface area contributed by atoms with Crippen molar-refractivity contribution in [2.75, 3.05) is 13.7 Å². The molecule has 0 aliphatic rings. The van der Waals surface area contributed by atoms with Crippen LogP contribution >= 0.6 is 0 Å². The molecule has 0 atom stereocenters. The van der Waals surface area contributed by atoms with Crippen molar-refractivity contribution in [2.24, 2.45) is 0 Å². The number of esters is 1. The zero-order valence-electron chi connectivity index (χ0n) is 9.69. The van der Waals surface area contributed by atoms with Crippen molar-refractivity contribution in [1.29, 1.82) is 5.26 Å². The molecule has 0 amide bonds. The third kappa shape index (κ3) is 2.55. The van der Waals surface area contributed by atoms with Crippen LogP contribution in [0.15, 0.2) is 12.1 Å². The van der Waals surface area contributed by atoms with Crippen LogP contribution < -0.4 is 4.74 Å². The number of carbonyl (C=O) groups excluding carboxylic acids is 1. The summed E-state index contributed by atoms with van der Waals surface area (Å²) < 4.78 is 9.93. The number of nitrogens with zero attached hydrogens (tertiary/aromatic N) is 1. The molecular formula is C12H13NO4. The summed E-state index contributed by atoms with van der Waals surface area (Å²) >= 11 is 0. The maximum absolute atomic E-state index is 11.7. The van der Waals surface area contributed by atoms with Crippen LogP contribution in [-0.2, 0) is 11.3 Å². The van der Waals surface area contributed by atoms with Crippen molar-refractivity contribution in [3.63, 3.8) is 0 Å². The van der Waals surface area contributed by atoms with Gasteiger partial charge in [0.2, 0.25) is 0 Å². The Morgan fingerprint density at radius 1 is 1.53 bits per heavy atom. The number of ether oxygens (including phenoxy) is 2. The molecule has 0 aliphatic carbocycles. The molecule has 1 aromatic carbocycles. The average molecular weight is 235 g/mol. The fourth-order valence-corrected chi connectivity index (χ4v) is 1.48. The zero-order chi connectivity index (χ0) is 12.8. The number of rotatable bonds is 4. The number of hydrogen-bond acceptors (Lipinski definition) is 5. The highest BCUT2D eigenvalue weighted by atomic mass is 16.5. The normalized spacial score (nSPS) is 9.53. The Morgan fingerprint density at radius 3 is 2.71 bits per heavy atom. The van der Waals surface area contributed by atoms with Crippen molar-refractivity contribution in [3.8, 4) is 11.8 Å². The molecule has 0 unspecified atom stereocenters. The van der Waals surface area contributed by atoms with Crippen molar-refractivity contribution in [2.45, 2.75) is 13.5 Å². The fourth-order valence-electron chi connectivity index (χ4n) is 1.48. The van der Waals surface area contributed by atoms with Gasteiger partial charge in [0.15, 0.2) is 0 Å². The van der Waals surface area contributed by atoms with Crippen LogP contribution in [0.25, 0.3) is 0 Å². The SMILES string of the molecule is CCOC(=O)c1c(C#N)ccc(CO)c1OC. The lowest BCUT2D eigenvalue weighted by atomic mass is 10.0. The largest absolute Gasteiger partial charge is 0.495 e. The number of methoxy groups -OCH3 is 1. The molecule has 5 nitrogen and oxygen atoms in total. The second kappa shape index (κ2) is 5.87. The van der Waals surface area contributed by atoms with Crippen LogP contribution in [-0.4, -0.2) is 24.8 Å². The van der Waals surface area contributed by atoms with E-state index < -0.39 is 5.97 Å². The predicted molar refractivity (Wildman–Crippen MR) is 59.6 cm³/mol. The first-order valence-corrected chi connectivity index (χ1v) is 5.07. The Morgan fingerprint density at radius 2 is 2.24 bits per heavy atom. The van der Waals surface area contributed by atoms with E-state index in [1.54, 1.807) is 13.0 Å². The molecule has 0 spiro atoms. The van der Waals surface area contributed by atoms with Gasteiger partial charge < -0.3 is 14.6 Å². The van der Waals surface area contributed by atoms with Gasteiger partial charge in [-0.3, -0.25) is 0 Å². The van der Waals surface area contributed by atoms with Gasteiger partial charge in [0, 0.05) is 5.56 Å². The van der Waals surface area contributed by atoms with Crippen LogP contribution in [0.1, 0.15) is 28.4 Å². The third-order valence-electron chi connectivity index (χ3n) is 2.21. The van der Waals surface area contributed by atoms with E-state index in [2.05, 4.69) is 0 Å². The van der Waals surface area contributed by atoms with Crippen LogP contribution in [0.2, 0.25) is 0 Å². The first-order valence-electron chi connectivity index (χ1n) is 5.07. The minimum atomic E-state index is -0.629. The Hall–Kier alpha value is -2.06. The van der Waals surface area contributed by atoms with Gasteiger partial charge in [-0.05, 0) is 13.0 Å². The van der Waals surface area contributed by atoms with Gasteiger partial charge in [-0.15, -0.1) is 0 Å². The first-order chi connectivity index (χ1) is 8.19. The van der Waals surface area contributed by atoms with Crippen LogP contribution in [0.3, 0.4) is 0 Å². The Bertz CT molecular complexity index is 462. The fraction of sp³-hybridized carbons (Fsp3) is 0.333. The van der Waals surface area contributed by atoms with Crippen LogP contribution in [0.5, 0.6) is 5.75 Å². The topological polar surface area (TPSA) is 79.6 Å². The summed E-state index contributed by atoms with van der Waals surface area (Å²) in [7, 11) is 1.37. The van der Waals surface area contributed by atoms with E-state index in [1.807, 2.05) is 6.07 Å². The molecule has 5 heteroatoms. The highest BCUT2D eigenvalue weighted by Gasteiger charge is 2.21. The molecular weight excluding hydrogens is 222 g/mol. The van der Waals surface area contributed by atoms with Crippen molar-refractivity contribution in [3.05, 3.63) is 28.8 Å². The molecule has 0 aliphatic heterocycles. The minimum Gasteiger partial charge on any atom is -0.495 e. The van der Waals surface area contributed by atoms with E-state index >= 15 is 0 Å². The summed E-state index contributed by atoms with van der Waals surface area (Å²) in [5.41, 5.74) is 0.662. The second-order valence-corrected chi connectivity index (χ2v) is 3.17. The number of aliphatic hydroxyl groups excluding tert-OH is 1. The van der Waals surface area contributed by atoms with E-state index in [1.165, 1.54) is 13.2 Å². The molecule has 0 aromatic heterocycles. The maximum Gasteiger partial charge on any atom is 0.343 e. The molecule has 0 fully saturated rings. The molecule has 0 radical (unpaired) electrons. The van der Waals surface area contributed by atoms with E-state index in [0.717, 1.165) is 0 Å². The molecule has 0 heterocycles. The van der Waals surface area contributed by atoms with E-state index in [4.69, 9.17) is 19.8 Å². The highest BCUT2D eigenvalue weighted by Crippen LogP contribution is 2.28. The quantitative estimate of drug-likeness (QED) is 0.794. The van der Waals surface area contributed by atoms with Gasteiger partial charge in [0.1, 0.15) is 17.4 Å². The first kappa shape index (κ1) is 13.0. The smallest absolute Gasteiger partial charge is 0.343 e. The number of aliphatic hydroxyl groups is 1. The Labute approximate surface area is 99.2 Å². The average Bonchev–Trinajstić information content (AvgIpc) is 2.36. The van der Waals surface area contributed by atoms with Gasteiger partial charge in [-0.25, -0.2) is 4.79 Å². The molecule has 1 aromatic rings. The summed E-state index contributed by atoms with van der Waals surface area (Å²) in [4.78, 5) is 11.7. The van der Waals surface area contributed by atoms with E-state index in [-0.39, 0.29) is 30.1 Å². The summed E-state index contributed by atoms with van der Waals surface area (Å²) in [6.45, 7) is 1.60. The maximum atomic E-state index is 11.7. The lowest BCUT2D eigenvalue weighted by Crippen LogP contribution is -2.10. The Balaban J connectivity index is 3.41. The monoisotopic (exact) mass is 235 g/mol. The summed E-state index contributed by atoms with van der Waals surface area (Å²) in [5, 5.41) is 18.1. The summed E-state index contributed by atoms with van der Waals surface area (Å²) in [6, 6.07) is 4.90. The number of hydrogen-bond donors (Lipinski definition) is 1. The van der Waals surface area contributed by atoms with Gasteiger partial charge >= 0.3 is 5.97 Å². The predicted octanol–water partition coefficient (Wildman–Crippen LogP) is 1.24. The Kier molecular flexibility index (Phi) is 4.49. The lowest BCUT2D eigenvalue weighted by Gasteiger charge is -2.12. The molecule has 0 saturated carbocycles. The van der Waals surface area contributed by atoms with Crippen LogP contribution in [0.4, 0.5) is 0 Å². The molecule has 0 bridgehead atoms. The van der Waals surface area contributed by atoms with Gasteiger partial charge in [0.25, 0.3) is 0 Å². The van der Waals surface area contributed by atoms with E-state index in [9.17, 15) is 4.79 Å².